The zero-order valence-electron chi connectivity index (χ0n) is 15.7. The van der Waals surface area contributed by atoms with Gasteiger partial charge >= 0.3 is 0 Å². The van der Waals surface area contributed by atoms with Gasteiger partial charge in [0.2, 0.25) is 0 Å². The van der Waals surface area contributed by atoms with Crippen LogP contribution in [0.15, 0.2) is 48.2 Å². The van der Waals surface area contributed by atoms with Crippen molar-refractivity contribution in [3.05, 3.63) is 70.4 Å². The van der Waals surface area contributed by atoms with Gasteiger partial charge in [-0.1, -0.05) is 23.7 Å². The van der Waals surface area contributed by atoms with E-state index in [9.17, 15) is 13.6 Å². The van der Waals surface area contributed by atoms with Gasteiger partial charge in [0.15, 0.2) is 0 Å². The number of hydrogen-bond acceptors (Lipinski definition) is 4. The number of halogens is 3. The molecule has 0 amide bonds. The lowest BCUT2D eigenvalue weighted by molar-refractivity contribution is 0.0286. The highest BCUT2D eigenvalue weighted by Crippen LogP contribution is 2.28. The fourth-order valence-corrected chi connectivity index (χ4v) is 3.55. The molecule has 1 fully saturated rings. The second-order valence-corrected chi connectivity index (χ2v) is 7.29. The van der Waals surface area contributed by atoms with Crippen LogP contribution in [0.25, 0.3) is 0 Å². The normalized spacial score (nSPS) is 20.2. The number of benzene rings is 2. The molecule has 0 aromatic heterocycles. The van der Waals surface area contributed by atoms with Crippen molar-refractivity contribution in [2.75, 3.05) is 13.3 Å². The summed E-state index contributed by atoms with van der Waals surface area (Å²) in [5.41, 5.74) is 1.42. The fourth-order valence-electron chi connectivity index (χ4n) is 3.33. The molecule has 1 saturated heterocycles. The molecule has 28 heavy (non-hydrogen) atoms. The van der Waals surface area contributed by atoms with E-state index in [0.29, 0.717) is 24.5 Å². The van der Waals surface area contributed by atoms with Crippen molar-refractivity contribution in [1.29, 1.82) is 0 Å². The van der Waals surface area contributed by atoms with Gasteiger partial charge in [0.25, 0.3) is 0 Å². The van der Waals surface area contributed by atoms with Gasteiger partial charge in [-0.3, -0.25) is 4.90 Å². The minimum Gasteiger partial charge on any atom is -0.477 e. The van der Waals surface area contributed by atoms with E-state index >= 15 is 0 Å². The lowest BCUT2D eigenvalue weighted by Crippen LogP contribution is -2.55. The van der Waals surface area contributed by atoms with E-state index in [1.165, 1.54) is 30.3 Å². The van der Waals surface area contributed by atoms with Crippen molar-refractivity contribution < 1.29 is 18.3 Å². The summed E-state index contributed by atoms with van der Waals surface area (Å²) >= 11 is 6.01. The molecule has 0 N–H and O–H groups in total. The Morgan fingerprint density at radius 3 is 2.46 bits per heavy atom. The summed E-state index contributed by atoms with van der Waals surface area (Å²) in [6.07, 6.45) is 0. The van der Waals surface area contributed by atoms with Crippen molar-refractivity contribution in [3.63, 3.8) is 0 Å². The van der Waals surface area contributed by atoms with Crippen LogP contribution in [0.2, 0.25) is 5.02 Å². The quantitative estimate of drug-likeness (QED) is 0.694. The Bertz CT molecular complexity index is 884. The van der Waals surface area contributed by atoms with Gasteiger partial charge in [-0.15, -0.1) is 0 Å². The molecule has 0 unspecified atom stereocenters. The lowest BCUT2D eigenvalue weighted by Gasteiger charge is -2.45. The van der Waals surface area contributed by atoms with Crippen molar-refractivity contribution >= 4 is 17.5 Å². The Morgan fingerprint density at radius 1 is 1.14 bits per heavy atom. The third-order valence-electron chi connectivity index (χ3n) is 4.93. The van der Waals surface area contributed by atoms with E-state index in [0.717, 1.165) is 5.56 Å². The number of ether oxygens (including phenoxy) is 1. The molecule has 0 spiro atoms. The van der Waals surface area contributed by atoms with Crippen LogP contribution in [0.5, 0.6) is 5.75 Å². The first-order valence-corrected chi connectivity index (χ1v) is 9.35. The molecule has 0 saturated carbocycles. The van der Waals surface area contributed by atoms with E-state index in [-0.39, 0.29) is 29.7 Å². The molecule has 0 bridgehead atoms. The van der Waals surface area contributed by atoms with Gasteiger partial charge in [-0.2, -0.15) is 0 Å². The molecule has 4 nitrogen and oxygen atoms in total. The number of rotatable bonds is 5. The Morgan fingerprint density at radius 2 is 1.82 bits per heavy atom. The summed E-state index contributed by atoms with van der Waals surface area (Å²) in [5, 5.41) is 0.196. The van der Waals surface area contributed by atoms with Crippen molar-refractivity contribution in [1.82, 2.24) is 9.80 Å². The van der Waals surface area contributed by atoms with Crippen LogP contribution in [-0.2, 0) is 11.3 Å². The maximum absolute atomic E-state index is 13.2. The number of piperazine rings is 1. The zero-order chi connectivity index (χ0) is 20.3. The van der Waals surface area contributed by atoms with Crippen LogP contribution in [0.3, 0.4) is 0 Å². The zero-order valence-corrected chi connectivity index (χ0v) is 16.4. The second kappa shape index (κ2) is 8.74. The predicted molar refractivity (Wildman–Crippen MR) is 104 cm³/mol. The molecule has 1 aliphatic rings. The van der Waals surface area contributed by atoms with Gasteiger partial charge < -0.3 is 9.64 Å². The monoisotopic (exact) mass is 406 g/mol. The first-order valence-electron chi connectivity index (χ1n) is 8.97. The Kier molecular flexibility index (Phi) is 6.35. The van der Waals surface area contributed by atoms with Crippen molar-refractivity contribution in [3.8, 4) is 5.75 Å². The summed E-state index contributed by atoms with van der Waals surface area (Å²) < 4.78 is 32.0. The number of nitrogens with zero attached hydrogens (tertiary/aromatic N) is 2. The molecule has 0 aliphatic carbocycles. The Labute approximate surface area is 168 Å². The molecule has 148 valence electrons. The first kappa shape index (κ1) is 20.3. The van der Waals surface area contributed by atoms with Crippen molar-refractivity contribution in [2.24, 2.45) is 0 Å². The SMILES string of the molecule is C[C@@H]1CN(COc2ccc(F)cc2Cl)[C@@H](C)C(=C=O)N1Cc1ccc(F)cc1. The van der Waals surface area contributed by atoms with E-state index in [2.05, 4.69) is 5.94 Å². The average molecular weight is 407 g/mol. The third kappa shape index (κ3) is 4.53. The average Bonchev–Trinajstić information content (AvgIpc) is 2.66. The first-order chi connectivity index (χ1) is 13.4. The minimum absolute atomic E-state index is 0.0185. The molecule has 2 aromatic carbocycles. The maximum Gasteiger partial charge on any atom is 0.147 e. The van der Waals surface area contributed by atoms with Gasteiger partial charge in [-0.25, -0.2) is 13.6 Å². The van der Waals surface area contributed by atoms with E-state index in [1.54, 1.807) is 12.1 Å². The number of hydrogen-bond donors (Lipinski definition) is 0. The fraction of sp³-hybridized carbons (Fsp3) is 0.333. The molecule has 0 radical (unpaired) electrons. The Balaban J connectivity index is 1.70. The summed E-state index contributed by atoms with van der Waals surface area (Å²) in [6, 6.07) is 9.98. The summed E-state index contributed by atoms with van der Waals surface area (Å²) in [7, 11) is 0. The lowest BCUT2D eigenvalue weighted by atomic mass is 10.0. The van der Waals surface area contributed by atoms with Crippen LogP contribution in [0.1, 0.15) is 19.4 Å². The standard InChI is InChI=1S/C21H21ClF2N2O2/c1-14-10-25(13-28-21-8-7-18(24)9-19(21)22)15(2)20(12-27)26(14)11-16-3-5-17(23)6-4-16/h3-9,14-15H,10-11,13H2,1-2H3/t14-,15+/m1/s1. The smallest absolute Gasteiger partial charge is 0.147 e. The molecule has 1 heterocycles. The van der Waals surface area contributed by atoms with Crippen LogP contribution in [-0.4, -0.2) is 41.1 Å². The molecule has 7 heteroatoms. The minimum atomic E-state index is -0.431. The predicted octanol–water partition coefficient (Wildman–Crippen LogP) is 4.26. The molecular weight excluding hydrogens is 386 g/mol. The molecule has 1 aliphatic heterocycles. The number of carbonyl (C=O) groups excluding carboxylic acids is 1. The van der Waals surface area contributed by atoms with Gasteiger partial charge in [-0.05, 0) is 49.7 Å². The van der Waals surface area contributed by atoms with Crippen LogP contribution in [0.4, 0.5) is 8.78 Å². The second-order valence-electron chi connectivity index (χ2n) is 6.89. The molecular formula is C21H21ClF2N2O2. The van der Waals surface area contributed by atoms with Gasteiger partial charge in [0, 0.05) is 19.1 Å². The summed E-state index contributed by atoms with van der Waals surface area (Å²) in [6.45, 7) is 5.25. The van der Waals surface area contributed by atoms with Gasteiger partial charge in [0.05, 0.1) is 11.1 Å². The van der Waals surface area contributed by atoms with E-state index in [1.807, 2.05) is 23.6 Å². The third-order valence-corrected chi connectivity index (χ3v) is 5.23. The molecule has 2 aromatic rings. The summed E-state index contributed by atoms with van der Waals surface area (Å²) in [5.74, 6) is 1.72. The molecule has 3 rings (SSSR count). The van der Waals surface area contributed by atoms with E-state index < -0.39 is 5.82 Å². The molecule has 2 atom stereocenters. The van der Waals surface area contributed by atoms with E-state index in [4.69, 9.17) is 16.3 Å². The highest BCUT2D eigenvalue weighted by atomic mass is 35.5. The van der Waals surface area contributed by atoms with Crippen LogP contribution < -0.4 is 4.74 Å². The highest BCUT2D eigenvalue weighted by molar-refractivity contribution is 6.32. The topological polar surface area (TPSA) is 32.8 Å². The van der Waals surface area contributed by atoms with Gasteiger partial charge in [0.1, 0.15) is 35.8 Å². The maximum atomic E-state index is 13.2. The van der Waals surface area contributed by atoms with Crippen LogP contribution in [0, 0.1) is 11.6 Å². The van der Waals surface area contributed by atoms with Crippen LogP contribution >= 0.6 is 11.6 Å². The van der Waals surface area contributed by atoms with Crippen molar-refractivity contribution in [2.45, 2.75) is 32.5 Å². The Hall–Kier alpha value is -2.40. The summed E-state index contributed by atoms with van der Waals surface area (Å²) in [4.78, 5) is 15.7. The largest absolute Gasteiger partial charge is 0.477 e. The highest BCUT2D eigenvalue weighted by Gasteiger charge is 2.34.